The molecule has 4 aromatic rings. The molecule has 10 rings (SSSR count). The van der Waals surface area contributed by atoms with Crippen LogP contribution in [0.1, 0.15) is 24.0 Å². The first-order valence-corrected chi connectivity index (χ1v) is 15.5. The molecule has 6 fully saturated rings. The lowest BCUT2D eigenvalue weighted by atomic mass is 9.87. The summed E-state index contributed by atoms with van der Waals surface area (Å²) in [5.74, 6) is 2.40. The van der Waals surface area contributed by atoms with Gasteiger partial charge in [0.15, 0.2) is 0 Å². The standard InChI is InChI=1S/C33H35N9O3/c1-38-24-10-29(38)33(43)39(17-24)7-8-45-27-11-28(32-23(12-34)15-37-42(32)20-27)22-4-5-30(35-14-22)40-18-25-9-26(19-40)41(25)16-21-3-6-31(44-2)36-13-21/h3-6,11,13-15,20,24-26,29H,7-10,16-19H2,1-2H3. The van der Waals surface area contributed by atoms with E-state index in [1.165, 1.54) is 12.0 Å². The Morgan fingerprint density at radius 3 is 2.58 bits per heavy atom. The third kappa shape index (κ3) is 4.83. The van der Waals surface area contributed by atoms with E-state index in [0.717, 1.165) is 55.1 Å². The molecule has 4 atom stereocenters. The Balaban J connectivity index is 0.955. The second-order valence-electron chi connectivity index (χ2n) is 12.5. The van der Waals surface area contributed by atoms with Crippen LogP contribution in [0.4, 0.5) is 5.82 Å². The molecular weight excluding hydrogens is 570 g/mol. The van der Waals surface area contributed by atoms with Crippen molar-refractivity contribution in [2.45, 2.75) is 43.6 Å². The van der Waals surface area contributed by atoms with Gasteiger partial charge < -0.3 is 19.3 Å². The van der Waals surface area contributed by atoms with Gasteiger partial charge in [-0.3, -0.25) is 14.6 Å². The summed E-state index contributed by atoms with van der Waals surface area (Å²) < 4.78 is 13.0. The second kappa shape index (κ2) is 11.0. The molecule has 0 saturated carbocycles. The summed E-state index contributed by atoms with van der Waals surface area (Å²) in [5.41, 5.74) is 4.12. The van der Waals surface area contributed by atoms with Crippen molar-refractivity contribution in [3.8, 4) is 28.8 Å². The zero-order chi connectivity index (χ0) is 30.7. The van der Waals surface area contributed by atoms with E-state index in [1.807, 2.05) is 36.5 Å². The van der Waals surface area contributed by atoms with E-state index in [1.54, 1.807) is 24.0 Å². The van der Waals surface area contributed by atoms with Crippen LogP contribution in [-0.4, -0.2) is 111 Å². The molecule has 12 nitrogen and oxygen atoms in total. The fraction of sp³-hybridized carbons (Fsp3) is 0.424. The van der Waals surface area contributed by atoms with Crippen LogP contribution in [0.2, 0.25) is 0 Å². The molecule has 0 aliphatic carbocycles. The van der Waals surface area contributed by atoms with Gasteiger partial charge in [0.2, 0.25) is 11.8 Å². The first-order chi connectivity index (χ1) is 22.0. The van der Waals surface area contributed by atoms with E-state index >= 15 is 0 Å². The maximum atomic E-state index is 12.7. The highest BCUT2D eigenvalue weighted by Gasteiger charge is 2.48. The van der Waals surface area contributed by atoms with E-state index in [4.69, 9.17) is 14.5 Å². The molecule has 0 radical (unpaired) electrons. The van der Waals surface area contributed by atoms with E-state index in [0.29, 0.717) is 48.5 Å². The minimum atomic E-state index is 0.0159. The van der Waals surface area contributed by atoms with Crippen molar-refractivity contribution in [3.63, 3.8) is 0 Å². The number of rotatable bonds is 9. The van der Waals surface area contributed by atoms with Gasteiger partial charge in [-0.2, -0.15) is 10.4 Å². The number of hydrogen-bond donors (Lipinski definition) is 0. The number of nitrogens with zero attached hydrogens (tertiary/aromatic N) is 9. The van der Waals surface area contributed by atoms with Crippen LogP contribution < -0.4 is 14.4 Å². The molecule has 10 heterocycles. The number of aromatic nitrogens is 4. The van der Waals surface area contributed by atoms with E-state index in [9.17, 15) is 10.1 Å². The number of carbonyl (C=O) groups is 1. The van der Waals surface area contributed by atoms with Gasteiger partial charge in [-0.15, -0.1) is 0 Å². The van der Waals surface area contributed by atoms with Crippen LogP contribution in [-0.2, 0) is 11.3 Å². The third-order valence-electron chi connectivity index (χ3n) is 10.0. The Kier molecular flexibility index (Phi) is 6.80. The first kappa shape index (κ1) is 27.8. The van der Waals surface area contributed by atoms with Gasteiger partial charge in [0, 0.05) is 73.9 Å². The number of hydrogen-bond acceptors (Lipinski definition) is 10. The lowest BCUT2D eigenvalue weighted by Gasteiger charge is -2.56. The zero-order valence-electron chi connectivity index (χ0n) is 25.4. The summed E-state index contributed by atoms with van der Waals surface area (Å²) in [6, 6.07) is 13.8. The molecule has 6 saturated heterocycles. The Hall–Kier alpha value is -4.73. The van der Waals surface area contributed by atoms with Crippen molar-refractivity contribution in [1.82, 2.24) is 34.3 Å². The summed E-state index contributed by atoms with van der Waals surface area (Å²) in [7, 11) is 3.65. The van der Waals surface area contributed by atoms with E-state index in [-0.39, 0.29) is 11.9 Å². The van der Waals surface area contributed by atoms with Crippen LogP contribution in [0.5, 0.6) is 11.6 Å². The van der Waals surface area contributed by atoms with Crippen molar-refractivity contribution in [3.05, 3.63) is 66.2 Å². The molecule has 6 aliphatic heterocycles. The van der Waals surface area contributed by atoms with Gasteiger partial charge in [0.05, 0.1) is 43.2 Å². The maximum Gasteiger partial charge on any atom is 0.240 e. The predicted molar refractivity (Wildman–Crippen MR) is 166 cm³/mol. The highest BCUT2D eigenvalue weighted by molar-refractivity contribution is 5.85. The second-order valence-corrected chi connectivity index (χ2v) is 12.5. The van der Waals surface area contributed by atoms with Crippen LogP contribution in [0.15, 0.2) is 55.1 Å². The fourth-order valence-corrected chi connectivity index (χ4v) is 7.39. The Bertz CT molecular complexity index is 1770. The Morgan fingerprint density at radius 1 is 1.02 bits per heavy atom. The topological polar surface area (TPSA) is 115 Å². The quantitative estimate of drug-likeness (QED) is 0.282. The largest absolute Gasteiger partial charge is 0.490 e. The molecular formula is C33H35N9O3. The Labute approximate surface area is 261 Å². The van der Waals surface area contributed by atoms with Gasteiger partial charge >= 0.3 is 0 Å². The molecule has 0 aromatic carbocycles. The van der Waals surface area contributed by atoms with Crippen molar-refractivity contribution in [1.29, 1.82) is 5.26 Å². The molecule has 12 heteroatoms. The molecule has 1 amide bonds. The molecule has 230 valence electrons. The number of ether oxygens (including phenoxy) is 2. The maximum absolute atomic E-state index is 12.7. The molecule has 45 heavy (non-hydrogen) atoms. The number of methoxy groups -OCH3 is 1. The summed E-state index contributed by atoms with van der Waals surface area (Å²) in [6.45, 7) is 4.42. The number of piperazine rings is 2. The number of carbonyl (C=O) groups excluding carboxylic acids is 1. The average molecular weight is 606 g/mol. The minimum absolute atomic E-state index is 0.0159. The lowest BCUT2D eigenvalue weighted by molar-refractivity contribution is -0.157. The third-order valence-corrected chi connectivity index (χ3v) is 10.0. The highest BCUT2D eigenvalue weighted by atomic mass is 16.5. The molecule has 0 spiro atoms. The van der Waals surface area contributed by atoms with Crippen molar-refractivity contribution >= 4 is 17.2 Å². The van der Waals surface area contributed by atoms with Gasteiger partial charge in [-0.05, 0) is 43.7 Å². The SMILES string of the molecule is COc1ccc(CN2C3CC2CN(c2ccc(-c4cc(OCCN5CC6CC(C5=O)N6C)cn5ncc(C#N)c45)cn2)C3)cn1. The minimum Gasteiger partial charge on any atom is -0.490 e. The molecule has 4 aromatic heterocycles. The fourth-order valence-electron chi connectivity index (χ4n) is 7.39. The molecule has 4 unspecified atom stereocenters. The number of anilines is 1. The number of nitriles is 1. The predicted octanol–water partition coefficient (Wildman–Crippen LogP) is 2.43. The molecule has 6 aliphatic rings. The number of amides is 1. The lowest BCUT2D eigenvalue weighted by Crippen LogP contribution is -2.70. The van der Waals surface area contributed by atoms with Crippen molar-refractivity contribution in [2.75, 3.05) is 51.8 Å². The van der Waals surface area contributed by atoms with E-state index in [2.05, 4.69) is 49.1 Å². The van der Waals surface area contributed by atoms with E-state index < -0.39 is 0 Å². The van der Waals surface area contributed by atoms with Gasteiger partial charge in [-0.1, -0.05) is 6.07 Å². The van der Waals surface area contributed by atoms with Crippen molar-refractivity contribution < 1.29 is 14.3 Å². The Morgan fingerprint density at radius 2 is 1.89 bits per heavy atom. The molecule has 0 N–H and O–H groups in total. The van der Waals surface area contributed by atoms with Crippen LogP contribution >= 0.6 is 0 Å². The smallest absolute Gasteiger partial charge is 0.240 e. The zero-order valence-corrected chi connectivity index (χ0v) is 25.4. The number of fused-ring (bicyclic) bond motifs is 5. The van der Waals surface area contributed by atoms with Crippen molar-refractivity contribution in [2.24, 2.45) is 0 Å². The van der Waals surface area contributed by atoms with Crippen LogP contribution in [0, 0.1) is 11.3 Å². The van der Waals surface area contributed by atoms with Gasteiger partial charge in [0.1, 0.15) is 24.2 Å². The average Bonchev–Trinajstić information content (AvgIpc) is 3.50. The summed E-state index contributed by atoms with van der Waals surface area (Å²) in [4.78, 5) is 30.9. The number of piperidine rings is 2. The number of pyridine rings is 3. The van der Waals surface area contributed by atoms with Crippen LogP contribution in [0.3, 0.4) is 0 Å². The van der Waals surface area contributed by atoms with Crippen LogP contribution in [0.25, 0.3) is 16.6 Å². The summed E-state index contributed by atoms with van der Waals surface area (Å²) in [6.07, 6.45) is 9.30. The van der Waals surface area contributed by atoms with Gasteiger partial charge in [-0.25, -0.2) is 14.5 Å². The normalized spacial score (nSPS) is 24.2. The highest BCUT2D eigenvalue weighted by Crippen LogP contribution is 2.37. The molecule has 4 bridgehead atoms. The first-order valence-electron chi connectivity index (χ1n) is 15.5. The summed E-state index contributed by atoms with van der Waals surface area (Å²) >= 11 is 0. The number of likely N-dealkylation sites (N-methyl/N-ethyl adjacent to an activating group) is 1. The summed E-state index contributed by atoms with van der Waals surface area (Å²) in [5, 5.41) is 14.2. The van der Waals surface area contributed by atoms with Gasteiger partial charge in [0.25, 0.3) is 0 Å². The monoisotopic (exact) mass is 605 g/mol.